The van der Waals surface area contributed by atoms with Crippen molar-refractivity contribution in [2.24, 2.45) is 0 Å². The van der Waals surface area contributed by atoms with Crippen molar-refractivity contribution in [3.05, 3.63) is 101 Å². The molecule has 0 bridgehead atoms. The molecule has 3 heterocycles. The lowest BCUT2D eigenvalue weighted by Gasteiger charge is -2.02. The molecule has 5 aromatic rings. The topological polar surface area (TPSA) is 60.9 Å². The molecular formula is C24H16ClN3O2S. The summed E-state index contributed by atoms with van der Waals surface area (Å²) in [6.45, 7) is 1.96. The van der Waals surface area contributed by atoms with Crippen molar-refractivity contribution < 1.29 is 9.21 Å². The highest BCUT2D eigenvalue weighted by Gasteiger charge is 2.15. The van der Waals surface area contributed by atoms with Gasteiger partial charge in [-0.15, -0.1) is 11.3 Å². The first kappa shape index (κ1) is 19.5. The summed E-state index contributed by atoms with van der Waals surface area (Å²) >= 11 is 7.38. The second-order valence-electron chi connectivity index (χ2n) is 6.99. The lowest BCUT2D eigenvalue weighted by molar-refractivity contribution is 0.103. The summed E-state index contributed by atoms with van der Waals surface area (Å²) in [5.74, 6) is 1.31. The number of hydrogen-bond acceptors (Lipinski definition) is 5. The standard InChI is InChI=1S/C24H16ClN3O2S/c1-15-12-26-14-28(15)22-11-10-21(30-22)16-2-4-17(5-3-16)23(29)20-13-31-24(27-20)18-6-8-19(25)9-7-18/h2-14H,1H3. The number of aryl methyl sites for hydroxylation is 1. The van der Waals surface area contributed by atoms with Crippen LogP contribution in [0.15, 0.2) is 83.0 Å². The van der Waals surface area contributed by atoms with Crippen molar-refractivity contribution in [1.29, 1.82) is 0 Å². The maximum absolute atomic E-state index is 12.9. The van der Waals surface area contributed by atoms with E-state index in [1.54, 1.807) is 30.0 Å². The minimum atomic E-state index is -0.114. The first-order chi connectivity index (χ1) is 15.1. The van der Waals surface area contributed by atoms with Crippen molar-refractivity contribution >= 4 is 28.7 Å². The van der Waals surface area contributed by atoms with Gasteiger partial charge in [-0.1, -0.05) is 48.0 Å². The predicted octanol–water partition coefficient (Wildman–Crippen LogP) is 6.45. The molecule has 0 aliphatic carbocycles. The summed E-state index contributed by atoms with van der Waals surface area (Å²) in [4.78, 5) is 21.5. The molecule has 0 saturated carbocycles. The highest BCUT2D eigenvalue weighted by Crippen LogP contribution is 2.28. The molecule has 7 heteroatoms. The maximum Gasteiger partial charge on any atom is 0.212 e. The third-order valence-electron chi connectivity index (χ3n) is 4.91. The molecule has 0 atom stereocenters. The number of furan rings is 1. The van der Waals surface area contributed by atoms with Crippen molar-refractivity contribution in [3.8, 4) is 27.8 Å². The minimum absolute atomic E-state index is 0.114. The lowest BCUT2D eigenvalue weighted by Crippen LogP contribution is -2.01. The van der Waals surface area contributed by atoms with Gasteiger partial charge in [0.1, 0.15) is 22.8 Å². The zero-order chi connectivity index (χ0) is 21.4. The second-order valence-corrected chi connectivity index (χ2v) is 8.29. The third-order valence-corrected chi connectivity index (χ3v) is 6.06. The number of carbonyl (C=O) groups is 1. The third kappa shape index (κ3) is 3.83. The van der Waals surface area contributed by atoms with E-state index < -0.39 is 0 Å². The Morgan fingerprint density at radius 1 is 1.00 bits per heavy atom. The Labute approximate surface area is 187 Å². The van der Waals surface area contributed by atoms with Gasteiger partial charge in [-0.2, -0.15) is 0 Å². The monoisotopic (exact) mass is 445 g/mol. The first-order valence-electron chi connectivity index (χ1n) is 9.54. The Kier molecular flexibility index (Phi) is 5.02. The predicted molar refractivity (Wildman–Crippen MR) is 122 cm³/mol. The SMILES string of the molecule is Cc1cncn1-c1ccc(-c2ccc(C(=O)c3csc(-c4ccc(Cl)cc4)n3)cc2)o1. The molecule has 31 heavy (non-hydrogen) atoms. The van der Waals surface area contributed by atoms with Crippen molar-refractivity contribution in [2.75, 3.05) is 0 Å². The van der Waals surface area contributed by atoms with Crippen molar-refractivity contribution in [2.45, 2.75) is 6.92 Å². The molecule has 0 N–H and O–H groups in total. The van der Waals surface area contributed by atoms with E-state index in [2.05, 4.69) is 9.97 Å². The smallest absolute Gasteiger partial charge is 0.212 e. The number of ketones is 1. The van der Waals surface area contributed by atoms with Gasteiger partial charge in [0.25, 0.3) is 0 Å². The van der Waals surface area contributed by atoms with Gasteiger partial charge in [0.05, 0.1) is 0 Å². The summed E-state index contributed by atoms with van der Waals surface area (Å²) in [7, 11) is 0. The van der Waals surface area contributed by atoms with Crippen LogP contribution in [-0.4, -0.2) is 20.3 Å². The summed E-state index contributed by atoms with van der Waals surface area (Å²) < 4.78 is 7.84. The van der Waals surface area contributed by atoms with Crippen LogP contribution in [0.3, 0.4) is 0 Å². The Morgan fingerprint density at radius 3 is 2.45 bits per heavy atom. The van der Waals surface area contributed by atoms with Gasteiger partial charge < -0.3 is 4.42 Å². The number of halogens is 1. The second kappa shape index (κ2) is 7.98. The number of nitrogens with zero attached hydrogens (tertiary/aromatic N) is 3. The number of rotatable bonds is 5. The molecule has 3 aromatic heterocycles. The van der Waals surface area contributed by atoms with Crippen LogP contribution in [0.2, 0.25) is 5.02 Å². The number of thiazole rings is 1. The normalized spacial score (nSPS) is 11.0. The largest absolute Gasteiger partial charge is 0.440 e. The van der Waals surface area contributed by atoms with Gasteiger partial charge in [0.15, 0.2) is 0 Å². The average molecular weight is 446 g/mol. The quantitative estimate of drug-likeness (QED) is 0.292. The zero-order valence-corrected chi connectivity index (χ0v) is 18.0. The number of hydrogen-bond donors (Lipinski definition) is 0. The first-order valence-corrected chi connectivity index (χ1v) is 10.8. The number of benzene rings is 2. The number of carbonyl (C=O) groups excluding carboxylic acids is 1. The van der Waals surface area contributed by atoms with Gasteiger partial charge in [-0.05, 0) is 25.1 Å². The molecule has 152 valence electrons. The Bertz CT molecular complexity index is 1360. The lowest BCUT2D eigenvalue weighted by atomic mass is 10.1. The minimum Gasteiger partial charge on any atom is -0.440 e. The number of imidazole rings is 1. The van der Waals surface area contributed by atoms with Crippen molar-refractivity contribution in [3.63, 3.8) is 0 Å². The molecule has 5 nitrogen and oxygen atoms in total. The molecular weight excluding hydrogens is 430 g/mol. The van der Waals surface area contributed by atoms with Crippen LogP contribution in [0.25, 0.3) is 27.8 Å². The van der Waals surface area contributed by atoms with Gasteiger partial charge in [-0.25, -0.2) is 9.97 Å². The van der Waals surface area contributed by atoms with Crippen LogP contribution in [0, 0.1) is 6.92 Å². The van der Waals surface area contributed by atoms with Gasteiger partial charge in [-0.3, -0.25) is 9.36 Å². The average Bonchev–Trinajstić information content (AvgIpc) is 3.54. The fourth-order valence-corrected chi connectivity index (χ4v) is 4.17. The molecule has 0 spiro atoms. The highest BCUT2D eigenvalue weighted by molar-refractivity contribution is 7.13. The van der Waals surface area contributed by atoms with E-state index >= 15 is 0 Å². The fraction of sp³-hybridized carbons (Fsp3) is 0.0417. The summed E-state index contributed by atoms with van der Waals surface area (Å²) in [5, 5.41) is 3.24. The van der Waals surface area contributed by atoms with E-state index in [1.165, 1.54) is 11.3 Å². The Morgan fingerprint density at radius 2 is 1.74 bits per heavy atom. The van der Waals surface area contributed by atoms with Gasteiger partial charge in [0.2, 0.25) is 11.7 Å². The number of aromatic nitrogens is 3. The van der Waals surface area contributed by atoms with Crippen LogP contribution in [-0.2, 0) is 0 Å². The molecule has 0 fully saturated rings. The Hall–Kier alpha value is -3.48. The van der Waals surface area contributed by atoms with Crippen LogP contribution in [0.4, 0.5) is 0 Å². The Balaban J connectivity index is 1.36. The summed E-state index contributed by atoms with van der Waals surface area (Å²) in [6, 6.07) is 18.6. The molecule has 0 amide bonds. The van der Waals surface area contributed by atoms with E-state index in [-0.39, 0.29) is 5.78 Å². The van der Waals surface area contributed by atoms with Crippen molar-refractivity contribution in [1.82, 2.24) is 14.5 Å². The fourth-order valence-electron chi connectivity index (χ4n) is 3.24. The van der Waals surface area contributed by atoms with Gasteiger partial charge in [0, 0.05) is 45.1 Å². The van der Waals surface area contributed by atoms with Gasteiger partial charge >= 0.3 is 0 Å². The summed E-state index contributed by atoms with van der Waals surface area (Å²) in [5.41, 5.74) is 3.82. The summed E-state index contributed by atoms with van der Waals surface area (Å²) in [6.07, 6.45) is 3.49. The van der Waals surface area contributed by atoms with Crippen LogP contribution >= 0.6 is 22.9 Å². The molecule has 0 aliphatic heterocycles. The van der Waals surface area contributed by atoms with Crippen LogP contribution in [0.5, 0.6) is 0 Å². The highest BCUT2D eigenvalue weighted by atomic mass is 35.5. The molecule has 0 unspecified atom stereocenters. The van der Waals surface area contributed by atoms with E-state index in [0.29, 0.717) is 22.2 Å². The van der Waals surface area contributed by atoms with E-state index in [1.807, 2.05) is 60.0 Å². The van der Waals surface area contributed by atoms with E-state index in [9.17, 15) is 4.79 Å². The van der Waals surface area contributed by atoms with E-state index in [4.69, 9.17) is 16.0 Å². The molecule has 0 saturated heterocycles. The van der Waals surface area contributed by atoms with Crippen LogP contribution in [0.1, 0.15) is 21.7 Å². The van der Waals surface area contributed by atoms with Crippen LogP contribution < -0.4 is 0 Å². The maximum atomic E-state index is 12.9. The molecule has 5 rings (SSSR count). The zero-order valence-electron chi connectivity index (χ0n) is 16.4. The van der Waals surface area contributed by atoms with E-state index in [0.717, 1.165) is 27.6 Å². The molecule has 0 aliphatic rings. The molecule has 2 aromatic carbocycles. The molecule has 0 radical (unpaired) electrons.